The van der Waals surface area contributed by atoms with Crippen LogP contribution in [0.5, 0.6) is 0 Å². The first-order valence-corrected chi connectivity index (χ1v) is 10.2. The Morgan fingerprint density at radius 1 is 0.923 bits per heavy atom. The zero-order chi connectivity index (χ0) is 18.2. The lowest BCUT2D eigenvalue weighted by molar-refractivity contribution is 0.0317. The Labute approximate surface area is 153 Å². The number of rotatable bonds is 4. The number of fused-ring (bicyclic) bond motifs is 2. The SMILES string of the molecule is O=S(=O)(NC[C@]1(O)CCc2ccccc2C1)c1cccc2ccccc12. The van der Waals surface area contributed by atoms with Crippen molar-refractivity contribution in [1.29, 1.82) is 0 Å². The molecule has 0 fully saturated rings. The van der Waals surface area contributed by atoms with Crippen molar-refractivity contribution < 1.29 is 13.5 Å². The smallest absolute Gasteiger partial charge is 0.241 e. The van der Waals surface area contributed by atoms with Crippen molar-refractivity contribution in [2.45, 2.75) is 29.8 Å². The number of hydrogen-bond acceptors (Lipinski definition) is 3. The third-order valence-electron chi connectivity index (χ3n) is 5.13. The Bertz CT molecular complexity index is 1060. The third-order valence-corrected chi connectivity index (χ3v) is 6.59. The van der Waals surface area contributed by atoms with Crippen molar-refractivity contribution in [2.24, 2.45) is 0 Å². The molecule has 0 radical (unpaired) electrons. The first-order chi connectivity index (χ1) is 12.5. The van der Waals surface area contributed by atoms with E-state index in [0.29, 0.717) is 18.2 Å². The summed E-state index contributed by atoms with van der Waals surface area (Å²) >= 11 is 0. The second kappa shape index (κ2) is 6.50. The molecule has 3 aromatic rings. The normalized spacial score (nSPS) is 20.0. The fourth-order valence-electron chi connectivity index (χ4n) is 3.67. The highest BCUT2D eigenvalue weighted by atomic mass is 32.2. The van der Waals surface area contributed by atoms with Gasteiger partial charge in [0, 0.05) is 18.4 Å². The molecule has 5 heteroatoms. The van der Waals surface area contributed by atoms with Crippen LogP contribution >= 0.6 is 0 Å². The Balaban J connectivity index is 1.57. The molecule has 0 amide bonds. The predicted octanol–water partition coefficient (Wildman–Crippen LogP) is 3.04. The minimum absolute atomic E-state index is 0.00683. The maximum Gasteiger partial charge on any atom is 0.241 e. The average molecular weight is 367 g/mol. The Kier molecular flexibility index (Phi) is 4.31. The Hall–Kier alpha value is -2.21. The molecule has 0 bridgehead atoms. The van der Waals surface area contributed by atoms with E-state index in [4.69, 9.17) is 0 Å². The summed E-state index contributed by atoms with van der Waals surface area (Å²) in [6.07, 6.45) is 1.76. The van der Waals surface area contributed by atoms with Crippen LogP contribution in [0.1, 0.15) is 17.5 Å². The van der Waals surface area contributed by atoms with Gasteiger partial charge in [-0.25, -0.2) is 13.1 Å². The maximum atomic E-state index is 12.9. The summed E-state index contributed by atoms with van der Waals surface area (Å²) in [6.45, 7) is 0.00683. The fourth-order valence-corrected chi connectivity index (χ4v) is 5.02. The summed E-state index contributed by atoms with van der Waals surface area (Å²) in [4.78, 5) is 0.246. The molecule has 0 unspecified atom stereocenters. The van der Waals surface area contributed by atoms with Crippen molar-refractivity contribution >= 4 is 20.8 Å². The van der Waals surface area contributed by atoms with E-state index in [-0.39, 0.29) is 11.4 Å². The third kappa shape index (κ3) is 3.26. The lowest BCUT2D eigenvalue weighted by Gasteiger charge is -2.33. The van der Waals surface area contributed by atoms with Gasteiger partial charge in [-0.3, -0.25) is 0 Å². The first-order valence-electron chi connectivity index (χ1n) is 8.74. The van der Waals surface area contributed by atoms with Crippen LogP contribution in [0, 0.1) is 0 Å². The van der Waals surface area contributed by atoms with Gasteiger partial charge in [0.15, 0.2) is 0 Å². The van der Waals surface area contributed by atoms with Gasteiger partial charge in [-0.2, -0.15) is 0 Å². The molecule has 0 heterocycles. The Morgan fingerprint density at radius 2 is 1.62 bits per heavy atom. The molecule has 4 nitrogen and oxygen atoms in total. The van der Waals surface area contributed by atoms with Crippen LogP contribution in [0.3, 0.4) is 0 Å². The number of hydrogen-bond donors (Lipinski definition) is 2. The molecule has 1 aliphatic carbocycles. The second-order valence-electron chi connectivity index (χ2n) is 6.97. The van der Waals surface area contributed by atoms with Gasteiger partial charge in [0.2, 0.25) is 10.0 Å². The number of benzene rings is 3. The molecule has 3 aromatic carbocycles. The van der Waals surface area contributed by atoms with Gasteiger partial charge in [0.25, 0.3) is 0 Å². The molecule has 4 rings (SSSR count). The molecular formula is C21H21NO3S. The standard InChI is InChI=1S/C21H21NO3S/c23-21(13-12-16-6-1-2-8-18(16)14-21)15-22-26(24,25)20-11-5-9-17-7-3-4-10-19(17)20/h1-11,22-23H,12-15H2/t21-/m0/s1. The predicted molar refractivity (Wildman–Crippen MR) is 103 cm³/mol. The Morgan fingerprint density at radius 3 is 2.46 bits per heavy atom. The van der Waals surface area contributed by atoms with E-state index in [1.807, 2.05) is 42.5 Å². The van der Waals surface area contributed by atoms with Gasteiger partial charge in [-0.05, 0) is 35.4 Å². The summed E-state index contributed by atoms with van der Waals surface area (Å²) in [7, 11) is -3.71. The summed E-state index contributed by atoms with van der Waals surface area (Å²) in [5.74, 6) is 0. The maximum absolute atomic E-state index is 12.9. The summed E-state index contributed by atoms with van der Waals surface area (Å²) < 4.78 is 28.3. The first kappa shape index (κ1) is 17.2. The second-order valence-corrected chi connectivity index (χ2v) is 8.71. The van der Waals surface area contributed by atoms with Crippen LogP contribution in [0.15, 0.2) is 71.6 Å². The van der Waals surface area contributed by atoms with Crippen LogP contribution in [0.4, 0.5) is 0 Å². The molecule has 1 aliphatic rings. The van der Waals surface area contributed by atoms with Crippen molar-refractivity contribution in [3.05, 3.63) is 77.9 Å². The van der Waals surface area contributed by atoms with E-state index in [0.717, 1.165) is 17.4 Å². The van der Waals surface area contributed by atoms with Crippen LogP contribution < -0.4 is 4.72 Å². The molecule has 0 spiro atoms. The summed E-state index contributed by atoms with van der Waals surface area (Å²) in [5, 5.41) is 12.5. The summed E-state index contributed by atoms with van der Waals surface area (Å²) in [5.41, 5.74) is 1.26. The molecule has 134 valence electrons. The molecule has 0 saturated heterocycles. The minimum Gasteiger partial charge on any atom is -0.388 e. The summed E-state index contributed by atoms with van der Waals surface area (Å²) in [6, 6.07) is 20.6. The van der Waals surface area contributed by atoms with E-state index in [9.17, 15) is 13.5 Å². The van der Waals surface area contributed by atoms with Crippen LogP contribution in [-0.2, 0) is 22.9 Å². The number of aliphatic hydroxyl groups is 1. The highest BCUT2D eigenvalue weighted by Gasteiger charge is 2.33. The highest BCUT2D eigenvalue weighted by molar-refractivity contribution is 7.89. The largest absolute Gasteiger partial charge is 0.388 e. The highest BCUT2D eigenvalue weighted by Crippen LogP contribution is 2.29. The molecule has 1 atom stereocenters. The van der Waals surface area contributed by atoms with Gasteiger partial charge in [0.1, 0.15) is 0 Å². The topological polar surface area (TPSA) is 66.4 Å². The monoisotopic (exact) mass is 367 g/mol. The van der Waals surface area contributed by atoms with Gasteiger partial charge < -0.3 is 5.11 Å². The van der Waals surface area contributed by atoms with Gasteiger partial charge in [-0.15, -0.1) is 0 Å². The molecule has 2 N–H and O–H groups in total. The van der Waals surface area contributed by atoms with E-state index < -0.39 is 15.6 Å². The van der Waals surface area contributed by atoms with Crippen molar-refractivity contribution in [1.82, 2.24) is 4.72 Å². The molecule has 26 heavy (non-hydrogen) atoms. The van der Waals surface area contributed by atoms with E-state index >= 15 is 0 Å². The van der Waals surface area contributed by atoms with Crippen molar-refractivity contribution in [3.63, 3.8) is 0 Å². The van der Waals surface area contributed by atoms with Crippen LogP contribution in [-0.4, -0.2) is 25.7 Å². The number of sulfonamides is 1. The quantitative estimate of drug-likeness (QED) is 0.745. The molecular weight excluding hydrogens is 346 g/mol. The van der Waals surface area contributed by atoms with Gasteiger partial charge in [0.05, 0.1) is 10.5 Å². The zero-order valence-corrected chi connectivity index (χ0v) is 15.2. The number of aryl methyl sites for hydroxylation is 1. The van der Waals surface area contributed by atoms with Crippen LogP contribution in [0.25, 0.3) is 10.8 Å². The average Bonchev–Trinajstić information content (AvgIpc) is 2.66. The lowest BCUT2D eigenvalue weighted by atomic mass is 9.80. The van der Waals surface area contributed by atoms with E-state index in [1.54, 1.807) is 18.2 Å². The molecule has 0 aliphatic heterocycles. The molecule has 0 saturated carbocycles. The van der Waals surface area contributed by atoms with Crippen LogP contribution in [0.2, 0.25) is 0 Å². The van der Waals surface area contributed by atoms with E-state index in [2.05, 4.69) is 10.8 Å². The van der Waals surface area contributed by atoms with Gasteiger partial charge >= 0.3 is 0 Å². The van der Waals surface area contributed by atoms with Gasteiger partial charge in [-0.1, -0.05) is 60.7 Å². The zero-order valence-electron chi connectivity index (χ0n) is 14.4. The minimum atomic E-state index is -3.71. The van der Waals surface area contributed by atoms with Crippen molar-refractivity contribution in [3.8, 4) is 0 Å². The van der Waals surface area contributed by atoms with Crippen molar-refractivity contribution in [2.75, 3.05) is 6.54 Å². The fraction of sp³-hybridized carbons (Fsp3) is 0.238. The number of nitrogens with one attached hydrogen (secondary N) is 1. The molecule has 0 aromatic heterocycles. The lowest BCUT2D eigenvalue weighted by Crippen LogP contribution is -2.46. The van der Waals surface area contributed by atoms with E-state index in [1.165, 1.54) is 5.56 Å².